The van der Waals surface area contributed by atoms with Crippen LogP contribution in [0, 0.1) is 0 Å². The molecule has 0 aromatic carbocycles. The number of hydrogen-bond donors (Lipinski definition) is 0. The molecule has 0 amide bonds. The molecule has 0 unspecified atom stereocenters. The second-order valence-electron chi connectivity index (χ2n) is 3.39. The molecule has 4 heteroatoms. The standard InChI is InChI=1S/C9H21N2O.Li/c1-9(2)12-8-6-10-5-7-11(3)4;/h9H,5-8H2,1-4H3;/q-1;+1. The molecule has 13 heavy (non-hydrogen) atoms. The molecule has 74 valence electrons. The van der Waals surface area contributed by atoms with Crippen molar-refractivity contribution in [3.63, 3.8) is 0 Å². The van der Waals surface area contributed by atoms with Gasteiger partial charge in [-0.05, 0) is 34.5 Å². The first-order chi connectivity index (χ1) is 5.63. The minimum atomic E-state index is 0. The van der Waals surface area contributed by atoms with Gasteiger partial charge in [-0.15, -0.1) is 13.1 Å². The Morgan fingerprint density at radius 1 is 1.23 bits per heavy atom. The van der Waals surface area contributed by atoms with Crippen LogP contribution >= 0.6 is 0 Å². The van der Waals surface area contributed by atoms with Crippen molar-refractivity contribution in [2.24, 2.45) is 0 Å². The van der Waals surface area contributed by atoms with Gasteiger partial charge in [-0.1, -0.05) is 0 Å². The van der Waals surface area contributed by atoms with Crippen LogP contribution in [0.1, 0.15) is 13.8 Å². The number of rotatable bonds is 7. The molecule has 0 heterocycles. The topological polar surface area (TPSA) is 26.6 Å². The van der Waals surface area contributed by atoms with Crippen molar-refractivity contribution in [2.75, 3.05) is 40.3 Å². The van der Waals surface area contributed by atoms with Crippen LogP contribution in [0.3, 0.4) is 0 Å². The van der Waals surface area contributed by atoms with Crippen LogP contribution in [0.15, 0.2) is 0 Å². The molecule has 0 fully saturated rings. The maximum Gasteiger partial charge on any atom is 1.00 e. The summed E-state index contributed by atoms with van der Waals surface area (Å²) in [6, 6.07) is 0. The van der Waals surface area contributed by atoms with Crippen LogP contribution in [-0.4, -0.2) is 51.3 Å². The first kappa shape index (κ1) is 15.9. The van der Waals surface area contributed by atoms with E-state index in [4.69, 9.17) is 4.74 Å². The monoisotopic (exact) mass is 180 g/mol. The van der Waals surface area contributed by atoms with Gasteiger partial charge in [-0.2, -0.15) is 0 Å². The number of ether oxygens (including phenoxy) is 1. The largest absolute Gasteiger partial charge is 1.00 e. The van der Waals surface area contributed by atoms with Crippen LogP contribution in [0.4, 0.5) is 0 Å². The fraction of sp³-hybridized carbons (Fsp3) is 1.00. The Morgan fingerprint density at radius 2 is 1.85 bits per heavy atom. The van der Waals surface area contributed by atoms with Crippen LogP contribution in [-0.2, 0) is 4.74 Å². The minimum Gasteiger partial charge on any atom is -0.659 e. The van der Waals surface area contributed by atoms with E-state index in [0.717, 1.165) is 26.2 Å². The number of likely N-dealkylation sites (N-methyl/N-ethyl adjacent to an activating group) is 1. The zero-order valence-corrected chi connectivity index (χ0v) is 9.71. The molecule has 0 aromatic rings. The quantitative estimate of drug-likeness (QED) is 0.347. The van der Waals surface area contributed by atoms with Crippen molar-refractivity contribution in [2.45, 2.75) is 20.0 Å². The molecule has 0 aliphatic heterocycles. The minimum absolute atomic E-state index is 0. The Labute approximate surface area is 94.4 Å². The molecule has 0 N–H and O–H groups in total. The molecule has 3 nitrogen and oxygen atoms in total. The van der Waals surface area contributed by atoms with Gasteiger partial charge in [0.2, 0.25) is 0 Å². The van der Waals surface area contributed by atoms with Crippen LogP contribution in [0.25, 0.3) is 5.32 Å². The van der Waals surface area contributed by atoms with Crippen LogP contribution in [0.2, 0.25) is 0 Å². The van der Waals surface area contributed by atoms with Gasteiger partial charge in [0.05, 0.1) is 6.10 Å². The Balaban J connectivity index is 0. The van der Waals surface area contributed by atoms with E-state index in [2.05, 4.69) is 24.3 Å². The second-order valence-corrected chi connectivity index (χ2v) is 3.39. The van der Waals surface area contributed by atoms with E-state index < -0.39 is 0 Å². The molecule has 0 atom stereocenters. The average molecular weight is 180 g/mol. The fourth-order valence-electron chi connectivity index (χ4n) is 0.735. The fourth-order valence-corrected chi connectivity index (χ4v) is 0.735. The smallest absolute Gasteiger partial charge is 0.659 e. The SMILES string of the molecule is CC(C)OCC[N-]CCN(C)C.[Li+]. The molecule has 0 aromatic heterocycles. The average Bonchev–Trinajstić information content (AvgIpc) is 1.95. The van der Waals surface area contributed by atoms with E-state index in [1.54, 1.807) is 0 Å². The molecule has 0 bridgehead atoms. The maximum atomic E-state index is 5.34. The van der Waals surface area contributed by atoms with E-state index >= 15 is 0 Å². The van der Waals surface area contributed by atoms with Crippen LogP contribution in [0.5, 0.6) is 0 Å². The summed E-state index contributed by atoms with van der Waals surface area (Å²) in [4.78, 5) is 2.13. The summed E-state index contributed by atoms with van der Waals surface area (Å²) in [6.45, 7) is 7.60. The first-order valence-corrected chi connectivity index (χ1v) is 4.52. The van der Waals surface area contributed by atoms with Gasteiger partial charge in [0, 0.05) is 6.61 Å². The van der Waals surface area contributed by atoms with Crippen LogP contribution < -0.4 is 18.9 Å². The predicted molar refractivity (Wildman–Crippen MR) is 52.7 cm³/mol. The summed E-state index contributed by atoms with van der Waals surface area (Å²) in [5.74, 6) is 0. The van der Waals surface area contributed by atoms with Gasteiger partial charge < -0.3 is 15.0 Å². The summed E-state index contributed by atoms with van der Waals surface area (Å²) < 4.78 is 5.34. The molecule has 0 radical (unpaired) electrons. The number of hydrogen-bond acceptors (Lipinski definition) is 2. The summed E-state index contributed by atoms with van der Waals surface area (Å²) in [6.07, 6.45) is 0.328. The summed E-state index contributed by atoms with van der Waals surface area (Å²) in [5.41, 5.74) is 0. The van der Waals surface area contributed by atoms with E-state index in [0.29, 0.717) is 6.10 Å². The molecule has 0 saturated carbocycles. The molecular weight excluding hydrogens is 159 g/mol. The second kappa shape index (κ2) is 10.6. The van der Waals surface area contributed by atoms with Crippen molar-refractivity contribution in [1.82, 2.24) is 4.90 Å². The zero-order valence-electron chi connectivity index (χ0n) is 9.71. The summed E-state index contributed by atoms with van der Waals surface area (Å²) >= 11 is 0. The zero-order chi connectivity index (χ0) is 9.40. The first-order valence-electron chi connectivity index (χ1n) is 4.52. The van der Waals surface area contributed by atoms with E-state index in [9.17, 15) is 0 Å². The molecular formula is C9H21LiN2O. The molecule has 0 rings (SSSR count). The Morgan fingerprint density at radius 3 is 2.31 bits per heavy atom. The van der Waals surface area contributed by atoms with Crippen molar-refractivity contribution < 1.29 is 23.6 Å². The molecule has 0 saturated heterocycles. The molecule has 0 aliphatic carbocycles. The van der Waals surface area contributed by atoms with Crippen molar-refractivity contribution >= 4 is 0 Å². The Bertz CT molecular complexity index is 87.6. The molecule has 0 aliphatic rings. The maximum absolute atomic E-state index is 5.34. The van der Waals surface area contributed by atoms with E-state index in [1.807, 2.05) is 13.8 Å². The molecule has 0 spiro atoms. The van der Waals surface area contributed by atoms with Gasteiger partial charge >= 0.3 is 18.9 Å². The van der Waals surface area contributed by atoms with Crippen molar-refractivity contribution in [1.29, 1.82) is 0 Å². The summed E-state index contributed by atoms with van der Waals surface area (Å²) in [5, 5.41) is 4.32. The predicted octanol–water partition coefficient (Wildman–Crippen LogP) is -1.65. The van der Waals surface area contributed by atoms with Gasteiger partial charge in [-0.3, -0.25) is 0 Å². The van der Waals surface area contributed by atoms with Gasteiger partial charge in [0.15, 0.2) is 0 Å². The van der Waals surface area contributed by atoms with Gasteiger partial charge in [0.25, 0.3) is 0 Å². The third kappa shape index (κ3) is 15.2. The Kier molecular flexibility index (Phi) is 12.9. The van der Waals surface area contributed by atoms with E-state index in [1.165, 1.54) is 0 Å². The normalized spacial score (nSPS) is 10.6. The summed E-state index contributed by atoms with van der Waals surface area (Å²) in [7, 11) is 4.11. The van der Waals surface area contributed by atoms with Crippen molar-refractivity contribution in [3.05, 3.63) is 5.32 Å². The third-order valence-corrected chi connectivity index (χ3v) is 1.41. The van der Waals surface area contributed by atoms with Gasteiger partial charge in [0.1, 0.15) is 0 Å². The third-order valence-electron chi connectivity index (χ3n) is 1.41. The van der Waals surface area contributed by atoms with Crippen molar-refractivity contribution in [3.8, 4) is 0 Å². The Hall–Kier alpha value is 0.477. The van der Waals surface area contributed by atoms with E-state index in [-0.39, 0.29) is 18.9 Å². The van der Waals surface area contributed by atoms with Gasteiger partial charge in [-0.25, -0.2) is 0 Å². The number of nitrogens with zero attached hydrogens (tertiary/aromatic N) is 2.